The first-order chi connectivity index (χ1) is 12.2. The van der Waals surface area contributed by atoms with Crippen molar-refractivity contribution in [2.75, 3.05) is 13.1 Å². The van der Waals surface area contributed by atoms with E-state index in [0.717, 1.165) is 41.7 Å². The summed E-state index contributed by atoms with van der Waals surface area (Å²) in [5, 5.41) is 1.55. The fourth-order valence-electron chi connectivity index (χ4n) is 3.55. The molecule has 1 aliphatic heterocycles. The molecular formula is C21H20ClFN2. The third-order valence-corrected chi connectivity index (χ3v) is 5.22. The zero-order valence-electron chi connectivity index (χ0n) is 14.0. The molecule has 3 aromatic rings. The van der Waals surface area contributed by atoms with Gasteiger partial charge in [-0.1, -0.05) is 36.2 Å². The number of fused-ring (bicyclic) bond motifs is 1. The van der Waals surface area contributed by atoms with Gasteiger partial charge in [0.2, 0.25) is 0 Å². The van der Waals surface area contributed by atoms with Gasteiger partial charge in [0.25, 0.3) is 0 Å². The van der Waals surface area contributed by atoms with E-state index in [0.29, 0.717) is 10.6 Å². The lowest BCUT2D eigenvalue weighted by atomic mass is 10.00. The molecule has 0 aliphatic carbocycles. The number of likely N-dealkylation sites (tertiary alicyclic amines) is 1. The minimum Gasteiger partial charge on any atom is -0.299 e. The summed E-state index contributed by atoms with van der Waals surface area (Å²) >= 11 is 6.20. The molecule has 25 heavy (non-hydrogen) atoms. The van der Waals surface area contributed by atoms with E-state index in [4.69, 9.17) is 11.6 Å². The SMILES string of the molecule is Fc1ccc(CN2CCCCC2)cc1-c1ccc2c(Cl)ccnc2c1. The van der Waals surface area contributed by atoms with E-state index in [1.165, 1.54) is 19.3 Å². The minimum absolute atomic E-state index is 0.205. The predicted octanol–water partition coefficient (Wildman–Crippen LogP) is 5.68. The van der Waals surface area contributed by atoms with Crippen molar-refractivity contribution in [3.63, 3.8) is 0 Å². The number of aromatic nitrogens is 1. The summed E-state index contributed by atoms with van der Waals surface area (Å²) in [6.07, 6.45) is 5.51. The number of benzene rings is 2. The van der Waals surface area contributed by atoms with Gasteiger partial charge in [-0.3, -0.25) is 9.88 Å². The molecule has 0 N–H and O–H groups in total. The van der Waals surface area contributed by atoms with Gasteiger partial charge in [-0.2, -0.15) is 0 Å². The summed E-state index contributed by atoms with van der Waals surface area (Å²) in [5.74, 6) is -0.205. The van der Waals surface area contributed by atoms with Crippen LogP contribution in [0, 0.1) is 5.82 Å². The normalized spacial score (nSPS) is 15.6. The van der Waals surface area contributed by atoms with E-state index in [-0.39, 0.29) is 5.82 Å². The predicted molar refractivity (Wildman–Crippen MR) is 101 cm³/mol. The van der Waals surface area contributed by atoms with Crippen LogP contribution in [-0.2, 0) is 6.54 Å². The van der Waals surface area contributed by atoms with Crippen LogP contribution in [0.5, 0.6) is 0 Å². The first-order valence-corrected chi connectivity index (χ1v) is 9.14. The molecule has 1 aliphatic rings. The van der Waals surface area contributed by atoms with Crippen LogP contribution in [0.4, 0.5) is 4.39 Å². The molecule has 128 valence electrons. The maximum Gasteiger partial charge on any atom is 0.131 e. The van der Waals surface area contributed by atoms with Crippen LogP contribution in [0.15, 0.2) is 48.7 Å². The zero-order chi connectivity index (χ0) is 17.2. The summed E-state index contributed by atoms with van der Waals surface area (Å²) in [6, 6.07) is 12.9. The standard InChI is InChI=1S/C21H20ClFN2/c22-19-8-9-24-21-13-16(5-6-17(19)21)18-12-15(4-7-20(18)23)14-25-10-2-1-3-11-25/h4-9,12-13H,1-3,10-11,14H2. The lowest BCUT2D eigenvalue weighted by Crippen LogP contribution is -2.29. The van der Waals surface area contributed by atoms with Gasteiger partial charge in [-0.05, 0) is 61.3 Å². The first kappa shape index (κ1) is 16.5. The molecule has 0 spiro atoms. The van der Waals surface area contributed by atoms with Gasteiger partial charge < -0.3 is 0 Å². The van der Waals surface area contributed by atoms with Gasteiger partial charge in [0.1, 0.15) is 5.82 Å². The highest BCUT2D eigenvalue weighted by Crippen LogP contribution is 2.30. The molecule has 0 saturated carbocycles. The summed E-state index contributed by atoms with van der Waals surface area (Å²) in [6.45, 7) is 3.14. The molecule has 0 unspecified atom stereocenters. The van der Waals surface area contributed by atoms with Crippen molar-refractivity contribution in [1.82, 2.24) is 9.88 Å². The van der Waals surface area contributed by atoms with Crippen LogP contribution in [0.2, 0.25) is 5.02 Å². The Morgan fingerprint density at radius 3 is 2.68 bits per heavy atom. The fourth-order valence-corrected chi connectivity index (χ4v) is 3.76. The number of pyridine rings is 1. The van der Waals surface area contributed by atoms with Gasteiger partial charge >= 0.3 is 0 Å². The first-order valence-electron chi connectivity index (χ1n) is 8.76. The van der Waals surface area contributed by atoms with Crippen LogP contribution in [0.1, 0.15) is 24.8 Å². The van der Waals surface area contributed by atoms with Gasteiger partial charge in [0, 0.05) is 23.7 Å². The molecule has 0 amide bonds. The Bertz CT molecular complexity index is 904. The Hall–Kier alpha value is -1.97. The van der Waals surface area contributed by atoms with Crippen molar-refractivity contribution in [1.29, 1.82) is 0 Å². The maximum atomic E-state index is 14.5. The number of rotatable bonds is 3. The largest absolute Gasteiger partial charge is 0.299 e. The average molecular weight is 355 g/mol. The Labute approximate surface area is 152 Å². The molecule has 0 atom stereocenters. The van der Waals surface area contributed by atoms with E-state index in [9.17, 15) is 4.39 Å². The van der Waals surface area contributed by atoms with Crippen LogP contribution in [0.25, 0.3) is 22.0 Å². The lowest BCUT2D eigenvalue weighted by molar-refractivity contribution is 0.221. The van der Waals surface area contributed by atoms with Crippen LogP contribution in [0.3, 0.4) is 0 Å². The molecule has 1 fully saturated rings. The second-order valence-electron chi connectivity index (χ2n) is 6.68. The summed E-state index contributed by atoms with van der Waals surface area (Å²) < 4.78 is 14.5. The molecule has 2 aromatic carbocycles. The summed E-state index contributed by atoms with van der Waals surface area (Å²) in [7, 11) is 0. The van der Waals surface area contributed by atoms with Crippen molar-refractivity contribution < 1.29 is 4.39 Å². The molecular weight excluding hydrogens is 335 g/mol. The van der Waals surface area contributed by atoms with E-state index in [1.54, 1.807) is 18.3 Å². The molecule has 0 radical (unpaired) electrons. The van der Waals surface area contributed by atoms with Crippen LogP contribution < -0.4 is 0 Å². The zero-order valence-corrected chi connectivity index (χ0v) is 14.8. The van der Waals surface area contributed by atoms with Gasteiger partial charge in [0.05, 0.1) is 10.5 Å². The second kappa shape index (κ2) is 7.11. The van der Waals surface area contributed by atoms with Crippen LogP contribution in [-0.4, -0.2) is 23.0 Å². The topological polar surface area (TPSA) is 16.1 Å². The van der Waals surface area contributed by atoms with Crippen molar-refractivity contribution in [3.05, 3.63) is 65.1 Å². The molecule has 1 saturated heterocycles. The summed E-state index contributed by atoms with van der Waals surface area (Å²) in [4.78, 5) is 6.81. The third kappa shape index (κ3) is 3.53. The van der Waals surface area contributed by atoms with Crippen LogP contribution >= 0.6 is 11.6 Å². The van der Waals surface area contributed by atoms with Crippen molar-refractivity contribution in [2.45, 2.75) is 25.8 Å². The molecule has 4 heteroatoms. The number of hydrogen-bond acceptors (Lipinski definition) is 2. The van der Waals surface area contributed by atoms with Crippen molar-refractivity contribution >= 4 is 22.5 Å². The van der Waals surface area contributed by atoms with E-state index < -0.39 is 0 Å². The average Bonchev–Trinajstić information content (AvgIpc) is 2.64. The Balaban J connectivity index is 1.68. The number of nitrogens with zero attached hydrogens (tertiary/aromatic N) is 2. The molecule has 0 bridgehead atoms. The molecule has 2 nitrogen and oxygen atoms in total. The number of halogens is 2. The van der Waals surface area contributed by atoms with Crippen molar-refractivity contribution in [2.24, 2.45) is 0 Å². The lowest BCUT2D eigenvalue weighted by Gasteiger charge is -2.26. The highest BCUT2D eigenvalue weighted by Gasteiger charge is 2.13. The number of piperidine rings is 1. The van der Waals surface area contributed by atoms with Crippen molar-refractivity contribution in [3.8, 4) is 11.1 Å². The molecule has 2 heterocycles. The highest BCUT2D eigenvalue weighted by molar-refractivity contribution is 6.35. The monoisotopic (exact) mass is 354 g/mol. The highest BCUT2D eigenvalue weighted by atomic mass is 35.5. The smallest absolute Gasteiger partial charge is 0.131 e. The van der Waals surface area contributed by atoms with Gasteiger partial charge in [-0.25, -0.2) is 4.39 Å². The fraction of sp³-hybridized carbons (Fsp3) is 0.286. The van der Waals surface area contributed by atoms with Gasteiger partial charge in [-0.15, -0.1) is 0 Å². The Morgan fingerprint density at radius 1 is 1.00 bits per heavy atom. The summed E-state index contributed by atoms with van der Waals surface area (Å²) in [5.41, 5.74) is 3.39. The van der Waals surface area contributed by atoms with E-state index in [2.05, 4.69) is 9.88 Å². The maximum absolute atomic E-state index is 14.5. The minimum atomic E-state index is -0.205. The van der Waals surface area contributed by atoms with E-state index in [1.807, 2.05) is 30.3 Å². The van der Waals surface area contributed by atoms with E-state index >= 15 is 0 Å². The molecule has 1 aromatic heterocycles. The second-order valence-corrected chi connectivity index (χ2v) is 7.08. The van der Waals surface area contributed by atoms with Gasteiger partial charge in [0.15, 0.2) is 0 Å². The third-order valence-electron chi connectivity index (χ3n) is 4.89. The molecule has 4 rings (SSSR count). The Kier molecular flexibility index (Phi) is 4.69. The Morgan fingerprint density at radius 2 is 1.84 bits per heavy atom. The number of hydrogen-bond donors (Lipinski definition) is 0. The quantitative estimate of drug-likeness (QED) is 0.601.